The lowest BCUT2D eigenvalue weighted by molar-refractivity contribution is -0.270. The van der Waals surface area contributed by atoms with E-state index in [0.717, 1.165) is 5.56 Å². The lowest BCUT2D eigenvalue weighted by Gasteiger charge is -2.40. The summed E-state index contributed by atoms with van der Waals surface area (Å²) >= 11 is 0. The number of anilines is 1. The predicted octanol–water partition coefficient (Wildman–Crippen LogP) is -1.36. The summed E-state index contributed by atoms with van der Waals surface area (Å²) in [7, 11) is 1.61. The smallest absolute Gasteiger partial charge is 0.280 e. The molecule has 0 spiro atoms. The maximum absolute atomic E-state index is 12.5. The predicted molar refractivity (Wildman–Crippen MR) is 97.6 cm³/mol. The number of nitrogens with zero attached hydrogens (tertiary/aromatic N) is 2. The van der Waals surface area contributed by atoms with Crippen molar-refractivity contribution < 1.29 is 34.5 Å². The van der Waals surface area contributed by atoms with Crippen molar-refractivity contribution in [2.45, 2.75) is 44.5 Å². The van der Waals surface area contributed by atoms with Crippen LogP contribution in [-0.2, 0) is 19.2 Å². The molecule has 1 aromatic carbocycles. The van der Waals surface area contributed by atoms with E-state index >= 15 is 0 Å². The van der Waals surface area contributed by atoms with E-state index in [9.17, 15) is 24.9 Å². The molecule has 2 heterocycles. The Hall–Kier alpha value is -2.53. The number of fused-ring (bicyclic) bond motifs is 1. The number of benzene rings is 1. The fourth-order valence-electron chi connectivity index (χ4n) is 3.27. The van der Waals surface area contributed by atoms with Crippen molar-refractivity contribution in [2.75, 3.05) is 18.6 Å². The van der Waals surface area contributed by atoms with Crippen molar-refractivity contribution in [3.63, 3.8) is 0 Å². The number of carbonyl (C=O) groups excluding carboxylic acids is 2. The quantitative estimate of drug-likeness (QED) is 0.463. The molecule has 0 saturated carbocycles. The molecule has 5 unspecified atom stereocenters. The van der Waals surface area contributed by atoms with E-state index in [1.54, 1.807) is 19.2 Å². The van der Waals surface area contributed by atoms with Gasteiger partial charge in [-0.15, -0.1) is 0 Å². The third-order valence-corrected chi connectivity index (χ3v) is 4.77. The van der Waals surface area contributed by atoms with Crippen LogP contribution in [0.15, 0.2) is 23.4 Å². The van der Waals surface area contributed by atoms with Crippen LogP contribution in [0.3, 0.4) is 0 Å². The van der Waals surface area contributed by atoms with Crippen LogP contribution in [0, 0.1) is 6.92 Å². The lowest BCUT2D eigenvalue weighted by atomic mass is 9.97. The van der Waals surface area contributed by atoms with Crippen LogP contribution in [0.5, 0.6) is 0 Å². The first-order valence-corrected chi connectivity index (χ1v) is 8.77. The van der Waals surface area contributed by atoms with Gasteiger partial charge in [-0.1, -0.05) is 16.8 Å². The Bertz CT molecular complexity index is 812. The number of rotatable bonds is 4. The second-order valence-electron chi connectivity index (χ2n) is 6.86. The number of amides is 2. The summed E-state index contributed by atoms with van der Waals surface area (Å²) in [6.07, 6.45) is -5.35. The molecule has 1 fully saturated rings. The molecular weight excluding hydrogens is 370 g/mol. The number of carbonyl (C=O) groups is 2. The van der Waals surface area contributed by atoms with Crippen LogP contribution < -0.4 is 10.2 Å². The SMILES string of the molecule is CC(=O)NC1C(O/N=C2/C(=O)N(C)c3ccc(C)cc32)OC(CO)C(O)C1O. The molecule has 152 valence electrons. The summed E-state index contributed by atoms with van der Waals surface area (Å²) in [4.78, 5) is 30.8. The van der Waals surface area contributed by atoms with Gasteiger partial charge in [0.05, 0.1) is 12.3 Å². The number of aliphatic hydroxyl groups excluding tert-OH is 3. The Kier molecular flexibility index (Phi) is 5.66. The number of ether oxygens (including phenoxy) is 1. The fourth-order valence-corrected chi connectivity index (χ4v) is 3.27. The van der Waals surface area contributed by atoms with Crippen molar-refractivity contribution in [3.8, 4) is 0 Å². The van der Waals surface area contributed by atoms with Gasteiger partial charge in [-0.2, -0.15) is 0 Å². The van der Waals surface area contributed by atoms with Crippen LogP contribution in [-0.4, -0.2) is 77.1 Å². The third-order valence-electron chi connectivity index (χ3n) is 4.77. The first-order chi connectivity index (χ1) is 13.2. The molecule has 10 heteroatoms. The number of nitrogens with one attached hydrogen (secondary N) is 1. The number of aryl methyl sites for hydroxylation is 1. The van der Waals surface area contributed by atoms with E-state index < -0.39 is 43.2 Å². The van der Waals surface area contributed by atoms with Crippen molar-refractivity contribution in [2.24, 2.45) is 5.16 Å². The van der Waals surface area contributed by atoms with E-state index in [2.05, 4.69) is 10.5 Å². The molecule has 1 aromatic rings. The van der Waals surface area contributed by atoms with Gasteiger partial charge in [0.2, 0.25) is 12.2 Å². The highest BCUT2D eigenvalue weighted by Gasteiger charge is 2.46. The number of hydrogen-bond acceptors (Lipinski definition) is 8. The first kappa shape index (κ1) is 20.2. The number of aliphatic hydroxyl groups is 3. The summed E-state index contributed by atoms with van der Waals surface area (Å²) in [5.41, 5.74) is 2.23. The van der Waals surface area contributed by atoms with Crippen molar-refractivity contribution in [1.82, 2.24) is 5.32 Å². The van der Waals surface area contributed by atoms with E-state index in [1.807, 2.05) is 13.0 Å². The van der Waals surface area contributed by atoms with E-state index in [1.165, 1.54) is 11.8 Å². The monoisotopic (exact) mass is 393 g/mol. The van der Waals surface area contributed by atoms with Crippen LogP contribution in [0.2, 0.25) is 0 Å². The van der Waals surface area contributed by atoms with E-state index in [4.69, 9.17) is 9.57 Å². The second-order valence-corrected chi connectivity index (χ2v) is 6.86. The van der Waals surface area contributed by atoms with Crippen LogP contribution in [0.4, 0.5) is 5.69 Å². The van der Waals surface area contributed by atoms with Gasteiger partial charge in [-0.3, -0.25) is 9.59 Å². The minimum absolute atomic E-state index is 0.0486. The number of likely N-dealkylation sites (N-methyl/N-ethyl adjacent to an activating group) is 1. The Morgan fingerprint density at radius 2 is 2.07 bits per heavy atom. The summed E-state index contributed by atoms with van der Waals surface area (Å²) < 4.78 is 5.44. The van der Waals surface area contributed by atoms with Gasteiger partial charge in [-0.05, 0) is 19.1 Å². The molecule has 2 aliphatic heterocycles. The third kappa shape index (κ3) is 3.59. The average Bonchev–Trinajstić information content (AvgIpc) is 2.88. The molecule has 1 saturated heterocycles. The van der Waals surface area contributed by atoms with Crippen LogP contribution in [0.1, 0.15) is 18.1 Å². The molecule has 0 radical (unpaired) electrons. The molecule has 0 aliphatic carbocycles. The maximum atomic E-state index is 12.5. The molecule has 10 nitrogen and oxygen atoms in total. The normalized spacial score (nSPS) is 31.1. The highest BCUT2D eigenvalue weighted by molar-refractivity contribution is 6.54. The largest absolute Gasteiger partial charge is 0.394 e. The standard InChI is InChI=1S/C18H23N3O7/c1-8-4-5-11-10(6-8)13(17(26)21(11)3)20-28-18-14(19-9(2)23)16(25)15(24)12(7-22)27-18/h4-6,12,14-16,18,22,24-25H,7H2,1-3H3,(H,19,23)/b20-13+. The minimum atomic E-state index is -1.46. The zero-order chi connectivity index (χ0) is 20.6. The van der Waals surface area contributed by atoms with Gasteiger partial charge >= 0.3 is 0 Å². The Morgan fingerprint density at radius 3 is 2.71 bits per heavy atom. The molecule has 4 N–H and O–H groups in total. The Balaban J connectivity index is 1.89. The topological polar surface area (TPSA) is 141 Å². The highest BCUT2D eigenvalue weighted by Crippen LogP contribution is 2.30. The Labute approximate surface area is 161 Å². The van der Waals surface area contributed by atoms with Crippen LogP contribution in [0.25, 0.3) is 0 Å². The Morgan fingerprint density at radius 1 is 1.36 bits per heavy atom. The zero-order valence-corrected chi connectivity index (χ0v) is 15.7. The van der Waals surface area contributed by atoms with Gasteiger partial charge in [-0.25, -0.2) is 0 Å². The summed E-state index contributed by atoms with van der Waals surface area (Å²) in [6, 6.07) is 4.31. The van der Waals surface area contributed by atoms with Crippen molar-refractivity contribution >= 4 is 23.2 Å². The minimum Gasteiger partial charge on any atom is -0.394 e. The van der Waals surface area contributed by atoms with E-state index in [-0.39, 0.29) is 11.6 Å². The van der Waals surface area contributed by atoms with E-state index in [0.29, 0.717) is 11.3 Å². The first-order valence-electron chi connectivity index (χ1n) is 8.77. The zero-order valence-electron chi connectivity index (χ0n) is 15.7. The van der Waals surface area contributed by atoms with Gasteiger partial charge in [0, 0.05) is 19.5 Å². The number of hydrogen-bond donors (Lipinski definition) is 4. The van der Waals surface area contributed by atoms with Gasteiger partial charge in [0.25, 0.3) is 5.91 Å². The maximum Gasteiger partial charge on any atom is 0.280 e. The van der Waals surface area contributed by atoms with Gasteiger partial charge in [0.1, 0.15) is 24.4 Å². The molecule has 5 atom stereocenters. The van der Waals surface area contributed by atoms with Crippen molar-refractivity contribution in [3.05, 3.63) is 29.3 Å². The van der Waals surface area contributed by atoms with Gasteiger partial charge in [0.15, 0.2) is 5.71 Å². The molecule has 0 bridgehead atoms. The summed E-state index contributed by atoms with van der Waals surface area (Å²) in [6.45, 7) is 2.53. The molecule has 2 amide bonds. The molecule has 28 heavy (non-hydrogen) atoms. The van der Waals surface area contributed by atoms with Crippen molar-refractivity contribution in [1.29, 1.82) is 0 Å². The average molecular weight is 393 g/mol. The molecule has 3 rings (SSSR count). The van der Waals surface area contributed by atoms with Crippen LogP contribution >= 0.6 is 0 Å². The van der Waals surface area contributed by atoms with Gasteiger partial charge < -0.3 is 35.1 Å². The molecular formula is C18H23N3O7. The second kappa shape index (κ2) is 7.84. The fraction of sp³-hybridized carbons (Fsp3) is 0.500. The molecule has 2 aliphatic rings. The molecule has 0 aromatic heterocycles. The summed E-state index contributed by atoms with van der Waals surface area (Å²) in [5, 5.41) is 36.0. The lowest BCUT2D eigenvalue weighted by Crippen LogP contribution is -2.64. The summed E-state index contributed by atoms with van der Waals surface area (Å²) in [5.74, 6) is -0.868. The highest BCUT2D eigenvalue weighted by atomic mass is 16.8. The number of oxime groups is 1.